The van der Waals surface area contributed by atoms with Gasteiger partial charge in [-0.3, -0.25) is 9.69 Å². The molecule has 0 unspecified atom stereocenters. The highest BCUT2D eigenvalue weighted by Crippen LogP contribution is 2.17. The van der Waals surface area contributed by atoms with Gasteiger partial charge in [-0.15, -0.1) is 0 Å². The van der Waals surface area contributed by atoms with Crippen molar-refractivity contribution >= 4 is 5.91 Å². The van der Waals surface area contributed by atoms with Crippen LogP contribution < -0.4 is 0 Å². The van der Waals surface area contributed by atoms with E-state index in [4.69, 9.17) is 0 Å². The summed E-state index contributed by atoms with van der Waals surface area (Å²) in [5.41, 5.74) is -0.335. The largest absolute Gasteiger partial charge is 0.394 e. The van der Waals surface area contributed by atoms with Crippen LogP contribution in [0.5, 0.6) is 0 Å². The number of aliphatic hydroxyl groups excluding tert-OH is 1. The number of hydrogen-bond acceptors (Lipinski definition) is 3. The van der Waals surface area contributed by atoms with Gasteiger partial charge in [0.1, 0.15) is 0 Å². The van der Waals surface area contributed by atoms with Crippen LogP contribution in [0.3, 0.4) is 0 Å². The molecule has 0 aromatic rings. The molecule has 1 rings (SSSR count). The van der Waals surface area contributed by atoms with Gasteiger partial charge in [0.05, 0.1) is 13.2 Å². The quantitative estimate of drug-likeness (QED) is 0.798. The van der Waals surface area contributed by atoms with Crippen LogP contribution in [0.2, 0.25) is 0 Å². The number of likely N-dealkylation sites (tertiary alicyclic amines) is 1. The van der Waals surface area contributed by atoms with Gasteiger partial charge in [-0.2, -0.15) is 0 Å². The van der Waals surface area contributed by atoms with Gasteiger partial charge in [-0.05, 0) is 39.7 Å². The van der Waals surface area contributed by atoms with Gasteiger partial charge >= 0.3 is 0 Å². The lowest BCUT2D eigenvalue weighted by molar-refractivity contribution is -0.135. The number of piperidine rings is 1. The Hall–Kier alpha value is -0.610. The van der Waals surface area contributed by atoms with E-state index in [-0.39, 0.29) is 18.1 Å². The molecule has 4 heteroatoms. The molecular weight excluding hydrogens is 216 g/mol. The average molecular weight is 242 g/mol. The van der Waals surface area contributed by atoms with Crippen molar-refractivity contribution in [3.63, 3.8) is 0 Å². The summed E-state index contributed by atoms with van der Waals surface area (Å²) in [5.74, 6) is 0.923. The molecule has 1 saturated heterocycles. The molecule has 1 aliphatic rings. The molecule has 0 radical (unpaired) electrons. The fraction of sp³-hybridized carbons (Fsp3) is 0.923. The third-order valence-corrected chi connectivity index (χ3v) is 3.93. The van der Waals surface area contributed by atoms with Crippen molar-refractivity contribution in [3.05, 3.63) is 0 Å². The van der Waals surface area contributed by atoms with Crippen LogP contribution in [-0.4, -0.2) is 59.6 Å². The molecule has 0 aromatic carbocycles. The van der Waals surface area contributed by atoms with E-state index >= 15 is 0 Å². The maximum atomic E-state index is 12.1. The summed E-state index contributed by atoms with van der Waals surface area (Å²) in [6.07, 6.45) is 2.22. The van der Waals surface area contributed by atoms with Crippen molar-refractivity contribution in [1.82, 2.24) is 9.80 Å². The molecule has 1 amide bonds. The highest BCUT2D eigenvalue weighted by molar-refractivity contribution is 5.78. The Kier molecular flexibility index (Phi) is 4.95. The topological polar surface area (TPSA) is 43.8 Å². The molecule has 1 aliphatic heterocycles. The van der Waals surface area contributed by atoms with E-state index in [1.54, 1.807) is 0 Å². The van der Waals surface area contributed by atoms with E-state index in [9.17, 15) is 9.90 Å². The predicted molar refractivity (Wildman–Crippen MR) is 68.8 cm³/mol. The first-order valence-electron chi connectivity index (χ1n) is 6.46. The van der Waals surface area contributed by atoms with Crippen molar-refractivity contribution in [2.45, 2.75) is 39.2 Å². The summed E-state index contributed by atoms with van der Waals surface area (Å²) in [6, 6.07) is 0. The minimum atomic E-state index is -0.335. The Bertz CT molecular complexity index is 258. The molecule has 17 heavy (non-hydrogen) atoms. The summed E-state index contributed by atoms with van der Waals surface area (Å²) >= 11 is 0. The lowest BCUT2D eigenvalue weighted by Crippen LogP contribution is -2.50. The fourth-order valence-corrected chi connectivity index (χ4v) is 1.90. The second kappa shape index (κ2) is 5.83. The molecule has 100 valence electrons. The summed E-state index contributed by atoms with van der Waals surface area (Å²) in [4.78, 5) is 16.0. The van der Waals surface area contributed by atoms with Crippen molar-refractivity contribution < 1.29 is 9.90 Å². The van der Waals surface area contributed by atoms with Crippen LogP contribution in [0.4, 0.5) is 0 Å². The Balaban J connectivity index is 2.44. The molecule has 4 nitrogen and oxygen atoms in total. The maximum Gasteiger partial charge on any atom is 0.236 e. The molecular formula is C13H26N2O2. The fourth-order valence-electron chi connectivity index (χ4n) is 1.90. The SMILES string of the molecule is CC1CCN(C(=O)CN(C)C(C)(C)CO)CC1. The van der Waals surface area contributed by atoms with Crippen molar-refractivity contribution in [2.24, 2.45) is 5.92 Å². The number of aliphatic hydroxyl groups is 1. The van der Waals surface area contributed by atoms with Crippen LogP contribution in [0.15, 0.2) is 0 Å². The normalized spacial score (nSPS) is 18.8. The van der Waals surface area contributed by atoms with Crippen LogP contribution in [0.1, 0.15) is 33.6 Å². The van der Waals surface area contributed by atoms with Gasteiger partial charge in [-0.25, -0.2) is 0 Å². The van der Waals surface area contributed by atoms with Crippen molar-refractivity contribution in [3.8, 4) is 0 Å². The highest BCUT2D eigenvalue weighted by atomic mass is 16.3. The van der Waals surface area contributed by atoms with Crippen molar-refractivity contribution in [2.75, 3.05) is 33.3 Å². The van der Waals surface area contributed by atoms with Gasteiger partial charge in [0, 0.05) is 18.6 Å². The zero-order valence-electron chi connectivity index (χ0n) is 11.6. The number of rotatable bonds is 4. The second-order valence-electron chi connectivity index (χ2n) is 5.89. The molecule has 1 fully saturated rings. The van der Waals surface area contributed by atoms with Crippen LogP contribution in [-0.2, 0) is 4.79 Å². The number of nitrogens with zero attached hydrogens (tertiary/aromatic N) is 2. The molecule has 0 aromatic heterocycles. The van der Waals surface area contributed by atoms with Gasteiger partial charge in [-0.1, -0.05) is 6.92 Å². The minimum absolute atomic E-state index is 0.0633. The van der Waals surface area contributed by atoms with Crippen molar-refractivity contribution in [1.29, 1.82) is 0 Å². The van der Waals surface area contributed by atoms with E-state index < -0.39 is 0 Å². The Morgan fingerprint density at radius 3 is 2.41 bits per heavy atom. The van der Waals surface area contributed by atoms with Crippen LogP contribution >= 0.6 is 0 Å². The molecule has 0 atom stereocenters. The molecule has 1 heterocycles. The van der Waals surface area contributed by atoms with Crippen LogP contribution in [0.25, 0.3) is 0 Å². The number of hydrogen-bond donors (Lipinski definition) is 1. The average Bonchev–Trinajstić information content (AvgIpc) is 2.29. The lowest BCUT2D eigenvalue weighted by atomic mass is 9.99. The molecule has 0 spiro atoms. The number of likely N-dealkylation sites (N-methyl/N-ethyl adjacent to an activating group) is 1. The molecule has 1 N–H and O–H groups in total. The third-order valence-electron chi connectivity index (χ3n) is 3.93. The van der Waals surface area contributed by atoms with Gasteiger partial charge in [0.15, 0.2) is 0 Å². The monoisotopic (exact) mass is 242 g/mol. The predicted octanol–water partition coefficient (Wildman–Crippen LogP) is 0.948. The lowest BCUT2D eigenvalue weighted by Gasteiger charge is -2.36. The molecule has 0 bridgehead atoms. The van der Waals surface area contributed by atoms with Gasteiger partial charge in [0.2, 0.25) is 5.91 Å². The Morgan fingerprint density at radius 2 is 1.94 bits per heavy atom. The first-order chi connectivity index (χ1) is 7.86. The maximum absolute atomic E-state index is 12.1. The molecule has 0 saturated carbocycles. The Labute approximate surface area is 105 Å². The Morgan fingerprint density at radius 1 is 1.41 bits per heavy atom. The second-order valence-corrected chi connectivity index (χ2v) is 5.89. The number of carbonyl (C=O) groups excluding carboxylic acids is 1. The summed E-state index contributed by atoms with van der Waals surface area (Å²) in [7, 11) is 1.89. The summed E-state index contributed by atoms with van der Waals surface area (Å²) in [5, 5.41) is 9.26. The minimum Gasteiger partial charge on any atom is -0.394 e. The standard InChI is InChI=1S/C13H26N2O2/c1-11-5-7-15(8-6-11)12(17)9-14(4)13(2,3)10-16/h11,16H,5-10H2,1-4H3. The van der Waals surface area contributed by atoms with Gasteiger partial charge in [0.25, 0.3) is 0 Å². The highest BCUT2D eigenvalue weighted by Gasteiger charge is 2.27. The van der Waals surface area contributed by atoms with E-state index in [1.807, 2.05) is 30.7 Å². The first-order valence-corrected chi connectivity index (χ1v) is 6.46. The van der Waals surface area contributed by atoms with E-state index in [1.165, 1.54) is 0 Å². The van der Waals surface area contributed by atoms with E-state index in [2.05, 4.69) is 6.92 Å². The zero-order valence-corrected chi connectivity index (χ0v) is 11.6. The smallest absolute Gasteiger partial charge is 0.236 e. The number of amides is 1. The molecule has 0 aliphatic carbocycles. The van der Waals surface area contributed by atoms with Crippen LogP contribution in [0, 0.1) is 5.92 Å². The van der Waals surface area contributed by atoms with E-state index in [0.29, 0.717) is 6.54 Å². The zero-order chi connectivity index (χ0) is 13.1. The third kappa shape index (κ3) is 3.96. The summed E-state index contributed by atoms with van der Waals surface area (Å²) < 4.78 is 0. The first kappa shape index (κ1) is 14.5. The summed E-state index contributed by atoms with van der Waals surface area (Å²) in [6.45, 7) is 8.34. The number of carbonyl (C=O) groups is 1. The van der Waals surface area contributed by atoms with E-state index in [0.717, 1.165) is 31.8 Å². The van der Waals surface area contributed by atoms with Gasteiger partial charge < -0.3 is 10.0 Å².